The van der Waals surface area contributed by atoms with E-state index in [0.717, 1.165) is 5.46 Å². The first-order valence-electron chi connectivity index (χ1n) is 10.2. The fourth-order valence-electron chi connectivity index (χ4n) is 3.40. The van der Waals surface area contributed by atoms with Crippen LogP contribution in [-0.4, -0.2) is 59.3 Å². The summed E-state index contributed by atoms with van der Waals surface area (Å²) in [6.07, 6.45) is 2.10. The number of hydrogen-bond acceptors (Lipinski definition) is 8. The monoisotopic (exact) mass is 467 g/mol. The van der Waals surface area contributed by atoms with Gasteiger partial charge in [-0.1, -0.05) is 18.2 Å². The van der Waals surface area contributed by atoms with E-state index >= 15 is 0 Å². The lowest BCUT2D eigenvalue weighted by atomic mass is 10.0. The van der Waals surface area contributed by atoms with Gasteiger partial charge in [-0.2, -0.15) is 9.61 Å². The van der Waals surface area contributed by atoms with Gasteiger partial charge in [-0.15, -0.1) is 0 Å². The van der Waals surface area contributed by atoms with E-state index in [1.807, 2.05) is 13.9 Å². The Morgan fingerprint density at radius 1 is 0.970 bits per heavy atom. The number of benzene rings is 2. The minimum absolute atomic E-state index is 0.0712. The Morgan fingerprint density at radius 2 is 1.67 bits per heavy atom. The van der Waals surface area contributed by atoms with Crippen LogP contribution in [0.3, 0.4) is 0 Å². The van der Waals surface area contributed by atoms with Crippen LogP contribution in [0.5, 0.6) is 17.2 Å². The topological polar surface area (TPSA) is 149 Å². The summed E-state index contributed by atoms with van der Waals surface area (Å²) >= 11 is 0. The van der Waals surface area contributed by atoms with Gasteiger partial charge in [0, 0.05) is 30.9 Å². The SMILES string of the molecule is Bc1cnn2c(NCCCNS(=O)(=O)c3c(O)cccc3O)cc(-c3ccccc3O)nc12. The summed E-state index contributed by atoms with van der Waals surface area (Å²) in [5.74, 6) is -0.303. The predicted octanol–water partition coefficient (Wildman–Crippen LogP) is 0.552. The molecule has 0 atom stereocenters. The van der Waals surface area contributed by atoms with Gasteiger partial charge in [0.15, 0.2) is 10.5 Å². The van der Waals surface area contributed by atoms with Crippen molar-refractivity contribution in [3.05, 3.63) is 54.7 Å². The average molecular weight is 467 g/mol. The standard InChI is InChI=1S/C21H22BN5O5S/c22-14-12-24-27-19(11-15(26-21(14)27)13-5-1-2-6-16(13)28)23-9-4-10-25-33(31,32)20-17(29)7-3-8-18(20)30/h1-3,5-8,11-12,23,25,28-30H,4,9-10,22H2. The summed E-state index contributed by atoms with van der Waals surface area (Å²) in [7, 11) is -2.19. The molecule has 0 bridgehead atoms. The summed E-state index contributed by atoms with van der Waals surface area (Å²) in [4.78, 5) is 4.07. The molecule has 0 saturated carbocycles. The molecular weight excluding hydrogens is 445 g/mol. The van der Waals surface area contributed by atoms with Crippen LogP contribution in [-0.2, 0) is 10.0 Å². The molecule has 0 amide bonds. The minimum Gasteiger partial charge on any atom is -0.507 e. The molecule has 2 aromatic heterocycles. The molecule has 2 heterocycles. The Bertz CT molecular complexity index is 1400. The second-order valence-corrected chi connectivity index (χ2v) is 9.11. The van der Waals surface area contributed by atoms with Crippen LogP contribution in [0.1, 0.15) is 6.42 Å². The minimum atomic E-state index is -4.08. The highest BCUT2D eigenvalue weighted by Crippen LogP contribution is 2.31. The maximum absolute atomic E-state index is 12.4. The molecule has 0 aliphatic heterocycles. The quantitative estimate of drug-likeness (QED) is 0.186. The van der Waals surface area contributed by atoms with E-state index in [1.165, 1.54) is 18.2 Å². The van der Waals surface area contributed by atoms with Crippen LogP contribution in [0.15, 0.2) is 59.6 Å². The van der Waals surface area contributed by atoms with Gasteiger partial charge in [-0.3, -0.25) is 0 Å². The van der Waals surface area contributed by atoms with Crippen molar-refractivity contribution in [2.45, 2.75) is 11.3 Å². The summed E-state index contributed by atoms with van der Waals surface area (Å²) in [5, 5.41) is 37.4. The lowest BCUT2D eigenvalue weighted by Gasteiger charge is -2.13. The van der Waals surface area contributed by atoms with E-state index in [1.54, 1.807) is 35.0 Å². The third-order valence-corrected chi connectivity index (χ3v) is 6.56. The second-order valence-electron chi connectivity index (χ2n) is 7.41. The number of phenols is 3. The highest BCUT2D eigenvalue weighted by atomic mass is 32.2. The lowest BCUT2D eigenvalue weighted by Crippen LogP contribution is -2.26. The zero-order valence-corrected chi connectivity index (χ0v) is 18.5. The number of phenolic OH excluding ortho intramolecular Hbond substituents is 3. The first-order chi connectivity index (χ1) is 15.8. The van der Waals surface area contributed by atoms with Crippen molar-refractivity contribution in [1.82, 2.24) is 19.3 Å². The first-order valence-corrected chi connectivity index (χ1v) is 11.6. The van der Waals surface area contributed by atoms with Gasteiger partial charge in [-0.05, 0) is 36.1 Å². The van der Waals surface area contributed by atoms with Crippen LogP contribution in [0.4, 0.5) is 5.82 Å². The molecule has 33 heavy (non-hydrogen) atoms. The Labute approximate surface area is 191 Å². The molecule has 0 aliphatic carbocycles. The van der Waals surface area contributed by atoms with Crippen molar-refractivity contribution in [1.29, 1.82) is 0 Å². The molecule has 4 rings (SSSR count). The molecule has 0 aliphatic rings. The average Bonchev–Trinajstić information content (AvgIpc) is 3.14. The maximum Gasteiger partial charge on any atom is 0.247 e. The number of rotatable bonds is 8. The summed E-state index contributed by atoms with van der Waals surface area (Å²) in [6.45, 7) is 0.468. The molecule has 0 unspecified atom stereocenters. The molecule has 12 heteroatoms. The van der Waals surface area contributed by atoms with Gasteiger partial charge < -0.3 is 20.6 Å². The van der Waals surface area contributed by atoms with Gasteiger partial charge in [0.25, 0.3) is 0 Å². The molecule has 0 spiro atoms. The van der Waals surface area contributed by atoms with Crippen molar-refractivity contribution in [3.63, 3.8) is 0 Å². The number of aromatic nitrogens is 3. The van der Waals surface area contributed by atoms with Crippen LogP contribution < -0.4 is 15.5 Å². The lowest BCUT2D eigenvalue weighted by molar-refractivity contribution is 0.422. The number of sulfonamides is 1. The van der Waals surface area contributed by atoms with Gasteiger partial charge in [0.1, 0.15) is 30.9 Å². The number of anilines is 1. The van der Waals surface area contributed by atoms with E-state index in [9.17, 15) is 23.7 Å². The van der Waals surface area contributed by atoms with Crippen LogP contribution in [0.2, 0.25) is 0 Å². The van der Waals surface area contributed by atoms with Crippen LogP contribution in [0.25, 0.3) is 16.9 Å². The first kappa shape index (κ1) is 22.4. The van der Waals surface area contributed by atoms with E-state index in [-0.39, 0.29) is 12.3 Å². The molecule has 4 aromatic rings. The summed E-state index contributed by atoms with van der Waals surface area (Å²) < 4.78 is 28.9. The van der Waals surface area contributed by atoms with E-state index in [4.69, 9.17) is 0 Å². The Kier molecular flexibility index (Phi) is 6.12. The zero-order valence-electron chi connectivity index (χ0n) is 17.7. The van der Waals surface area contributed by atoms with Crippen LogP contribution in [0, 0.1) is 0 Å². The number of hydrogen-bond donors (Lipinski definition) is 5. The van der Waals surface area contributed by atoms with Crippen LogP contribution >= 0.6 is 0 Å². The number of para-hydroxylation sites is 1. The van der Waals surface area contributed by atoms with E-state index < -0.39 is 26.4 Å². The van der Waals surface area contributed by atoms with E-state index in [2.05, 4.69) is 20.1 Å². The van der Waals surface area contributed by atoms with Crippen molar-refractivity contribution >= 4 is 34.8 Å². The van der Waals surface area contributed by atoms with Crippen molar-refractivity contribution in [2.24, 2.45) is 0 Å². The Hall–Kier alpha value is -3.77. The molecule has 170 valence electrons. The number of fused-ring (bicyclic) bond motifs is 1. The second kappa shape index (κ2) is 9.00. The molecule has 0 radical (unpaired) electrons. The zero-order chi connectivity index (χ0) is 23.6. The highest BCUT2D eigenvalue weighted by molar-refractivity contribution is 7.89. The summed E-state index contributed by atoms with van der Waals surface area (Å²) in [5.41, 5.74) is 2.65. The Balaban J connectivity index is 1.47. The molecule has 0 fully saturated rings. The third kappa shape index (κ3) is 4.57. The van der Waals surface area contributed by atoms with Gasteiger partial charge in [0.2, 0.25) is 10.0 Å². The highest BCUT2D eigenvalue weighted by Gasteiger charge is 2.22. The number of aromatic hydroxyl groups is 3. The molecule has 2 aromatic carbocycles. The van der Waals surface area contributed by atoms with Crippen molar-refractivity contribution < 1.29 is 23.7 Å². The molecular formula is C21H22BN5O5S. The Morgan fingerprint density at radius 3 is 2.39 bits per heavy atom. The normalized spacial score (nSPS) is 11.6. The number of nitrogens with one attached hydrogen (secondary N) is 2. The fourth-order valence-corrected chi connectivity index (χ4v) is 4.64. The smallest absolute Gasteiger partial charge is 0.247 e. The third-order valence-electron chi connectivity index (χ3n) is 5.02. The largest absolute Gasteiger partial charge is 0.507 e. The summed E-state index contributed by atoms with van der Waals surface area (Å²) in [6, 6.07) is 12.4. The van der Waals surface area contributed by atoms with E-state index in [0.29, 0.717) is 35.7 Å². The van der Waals surface area contributed by atoms with Gasteiger partial charge in [0.05, 0.1) is 5.69 Å². The molecule has 0 saturated heterocycles. The van der Waals surface area contributed by atoms with Crippen molar-refractivity contribution in [3.8, 4) is 28.5 Å². The molecule has 5 N–H and O–H groups in total. The predicted molar refractivity (Wildman–Crippen MR) is 126 cm³/mol. The maximum atomic E-state index is 12.4. The number of nitrogens with zero attached hydrogens (tertiary/aromatic N) is 3. The van der Waals surface area contributed by atoms with Gasteiger partial charge in [-0.25, -0.2) is 18.1 Å². The fraction of sp³-hybridized carbons (Fsp3) is 0.143. The molecule has 10 nitrogen and oxygen atoms in total. The van der Waals surface area contributed by atoms with Gasteiger partial charge >= 0.3 is 0 Å². The van der Waals surface area contributed by atoms with Crippen molar-refractivity contribution in [2.75, 3.05) is 18.4 Å².